The molecule has 1 aromatic rings. The van der Waals surface area contributed by atoms with Crippen molar-refractivity contribution in [1.82, 2.24) is 5.32 Å². The quantitative estimate of drug-likeness (QED) is 0.841. The van der Waals surface area contributed by atoms with E-state index in [0.29, 0.717) is 6.04 Å². The lowest BCUT2D eigenvalue weighted by Crippen LogP contribution is -2.33. The number of hydrogen-bond acceptors (Lipinski definition) is 3. The molecule has 1 fully saturated rings. The maximum atomic E-state index is 5.33. The summed E-state index contributed by atoms with van der Waals surface area (Å²) in [5.74, 6) is 0.988. The van der Waals surface area contributed by atoms with Gasteiger partial charge in [0.2, 0.25) is 0 Å². The van der Waals surface area contributed by atoms with Crippen molar-refractivity contribution >= 4 is 11.8 Å². The lowest BCUT2D eigenvalue weighted by atomic mass is 9.87. The smallest absolute Gasteiger partial charge is 0.119 e. The highest BCUT2D eigenvalue weighted by Crippen LogP contribution is 2.41. The Hall–Kier alpha value is -0.670. The van der Waals surface area contributed by atoms with E-state index in [9.17, 15) is 0 Å². The Morgan fingerprint density at radius 2 is 2.22 bits per heavy atom. The summed E-state index contributed by atoms with van der Waals surface area (Å²) in [5.41, 5.74) is 2.96. The molecule has 0 radical (unpaired) electrons. The summed E-state index contributed by atoms with van der Waals surface area (Å²) >= 11 is 2.17. The van der Waals surface area contributed by atoms with Crippen LogP contribution in [0.2, 0.25) is 0 Å². The van der Waals surface area contributed by atoms with Gasteiger partial charge in [0.25, 0.3) is 0 Å². The summed E-state index contributed by atoms with van der Waals surface area (Å²) in [6, 6.07) is 7.11. The Morgan fingerprint density at radius 3 is 3.06 bits per heavy atom. The number of benzene rings is 1. The van der Waals surface area contributed by atoms with Crippen LogP contribution in [0.1, 0.15) is 36.9 Å². The average molecular weight is 263 g/mol. The zero-order chi connectivity index (χ0) is 12.5. The van der Waals surface area contributed by atoms with E-state index in [4.69, 9.17) is 4.74 Å². The van der Waals surface area contributed by atoms with Crippen molar-refractivity contribution in [1.29, 1.82) is 0 Å². The molecule has 3 unspecified atom stereocenters. The number of thioether (sulfide) groups is 1. The van der Waals surface area contributed by atoms with Gasteiger partial charge in [0.1, 0.15) is 5.75 Å². The molecule has 0 saturated carbocycles. The maximum absolute atomic E-state index is 5.33. The van der Waals surface area contributed by atoms with Gasteiger partial charge < -0.3 is 10.1 Å². The third-order valence-corrected chi connectivity index (χ3v) is 5.64. The van der Waals surface area contributed by atoms with Gasteiger partial charge in [-0.15, -0.1) is 0 Å². The molecule has 0 aromatic heterocycles. The van der Waals surface area contributed by atoms with E-state index in [0.717, 1.165) is 22.8 Å². The van der Waals surface area contributed by atoms with Gasteiger partial charge in [0, 0.05) is 16.5 Å². The molecule has 1 aromatic carbocycles. The third-order valence-electron chi connectivity index (χ3n) is 4.08. The fourth-order valence-corrected chi connectivity index (χ4v) is 4.59. The molecule has 2 nitrogen and oxygen atoms in total. The van der Waals surface area contributed by atoms with Crippen molar-refractivity contribution in [2.45, 2.75) is 42.7 Å². The van der Waals surface area contributed by atoms with Crippen molar-refractivity contribution in [3.63, 3.8) is 0 Å². The molecule has 0 spiro atoms. The van der Waals surface area contributed by atoms with Crippen LogP contribution in [0.4, 0.5) is 0 Å². The number of nitrogens with one attached hydrogen (secondary N) is 1. The zero-order valence-electron chi connectivity index (χ0n) is 11.1. The molecule has 98 valence electrons. The molecule has 1 saturated heterocycles. The Morgan fingerprint density at radius 1 is 1.33 bits per heavy atom. The normalized spacial score (nSPS) is 31.1. The van der Waals surface area contributed by atoms with Crippen LogP contribution < -0.4 is 10.1 Å². The highest BCUT2D eigenvalue weighted by Gasteiger charge is 2.32. The minimum Gasteiger partial charge on any atom is -0.497 e. The summed E-state index contributed by atoms with van der Waals surface area (Å²) in [6.07, 6.45) is 3.76. The molecule has 3 atom stereocenters. The first-order valence-electron chi connectivity index (χ1n) is 6.83. The fraction of sp³-hybridized carbons (Fsp3) is 0.600. The summed E-state index contributed by atoms with van der Waals surface area (Å²) in [7, 11) is 1.74. The van der Waals surface area contributed by atoms with Crippen LogP contribution in [0.3, 0.4) is 0 Å². The van der Waals surface area contributed by atoms with Gasteiger partial charge >= 0.3 is 0 Å². The van der Waals surface area contributed by atoms with Gasteiger partial charge in [-0.05, 0) is 49.1 Å². The van der Waals surface area contributed by atoms with E-state index >= 15 is 0 Å². The van der Waals surface area contributed by atoms with Crippen molar-refractivity contribution in [3.8, 4) is 5.75 Å². The van der Waals surface area contributed by atoms with Gasteiger partial charge in [-0.3, -0.25) is 0 Å². The second-order valence-electron chi connectivity index (χ2n) is 5.31. The predicted molar refractivity (Wildman–Crippen MR) is 77.5 cm³/mol. The molecule has 1 aliphatic carbocycles. The number of rotatable bonds is 1. The standard InChI is InChI=1S/C15H21NOS/c1-10-7-8-16-15-13-5-4-12(17-2)9-11(13)3-6-14(15)18-10/h4-5,9-10,14-16H,3,6-8H2,1-2H3. The molecule has 0 amide bonds. The summed E-state index contributed by atoms with van der Waals surface area (Å²) in [6.45, 7) is 3.50. The van der Waals surface area contributed by atoms with Gasteiger partial charge in [-0.1, -0.05) is 13.0 Å². The molecule has 3 rings (SSSR count). The second kappa shape index (κ2) is 5.14. The zero-order valence-corrected chi connectivity index (χ0v) is 11.9. The van der Waals surface area contributed by atoms with Gasteiger partial charge in [0.15, 0.2) is 0 Å². The Bertz CT molecular complexity index is 435. The molecule has 1 aliphatic heterocycles. The highest BCUT2D eigenvalue weighted by atomic mass is 32.2. The van der Waals surface area contributed by atoms with Crippen LogP contribution in [0.25, 0.3) is 0 Å². The van der Waals surface area contributed by atoms with Crippen molar-refractivity contribution in [3.05, 3.63) is 29.3 Å². The number of ether oxygens (including phenoxy) is 1. The lowest BCUT2D eigenvalue weighted by molar-refractivity contribution is 0.411. The van der Waals surface area contributed by atoms with Crippen LogP contribution in [-0.2, 0) is 6.42 Å². The largest absolute Gasteiger partial charge is 0.497 e. The van der Waals surface area contributed by atoms with Crippen LogP contribution in [0, 0.1) is 0 Å². The van der Waals surface area contributed by atoms with Crippen LogP contribution in [0.15, 0.2) is 18.2 Å². The molecule has 2 aliphatic rings. The van der Waals surface area contributed by atoms with Gasteiger partial charge in [-0.25, -0.2) is 0 Å². The van der Waals surface area contributed by atoms with Gasteiger partial charge in [0.05, 0.1) is 7.11 Å². The number of fused-ring (bicyclic) bond motifs is 3. The number of hydrogen-bond donors (Lipinski definition) is 1. The minimum absolute atomic E-state index is 0.537. The summed E-state index contributed by atoms with van der Waals surface area (Å²) in [5, 5.41) is 5.27. The van der Waals surface area contributed by atoms with E-state index in [2.05, 4.69) is 42.2 Å². The number of methoxy groups -OCH3 is 1. The summed E-state index contributed by atoms with van der Waals surface area (Å²) in [4.78, 5) is 0. The molecular weight excluding hydrogens is 242 g/mol. The van der Waals surface area contributed by atoms with Crippen LogP contribution >= 0.6 is 11.8 Å². The summed E-state index contributed by atoms with van der Waals surface area (Å²) < 4.78 is 5.33. The van der Waals surface area contributed by atoms with E-state index in [1.165, 1.54) is 30.4 Å². The first kappa shape index (κ1) is 12.4. The Kier molecular flexibility index (Phi) is 3.53. The van der Waals surface area contributed by atoms with E-state index in [1.54, 1.807) is 7.11 Å². The molecule has 1 heterocycles. The van der Waals surface area contributed by atoms with E-state index in [1.807, 2.05) is 0 Å². The molecular formula is C15H21NOS. The Balaban J connectivity index is 1.92. The topological polar surface area (TPSA) is 21.3 Å². The fourth-order valence-electron chi connectivity index (χ4n) is 3.09. The van der Waals surface area contributed by atoms with E-state index in [-0.39, 0.29) is 0 Å². The highest BCUT2D eigenvalue weighted by molar-refractivity contribution is 8.00. The minimum atomic E-state index is 0.537. The van der Waals surface area contributed by atoms with Gasteiger partial charge in [-0.2, -0.15) is 11.8 Å². The van der Waals surface area contributed by atoms with Crippen molar-refractivity contribution in [2.24, 2.45) is 0 Å². The lowest BCUT2D eigenvalue weighted by Gasteiger charge is -2.33. The monoisotopic (exact) mass is 263 g/mol. The molecule has 18 heavy (non-hydrogen) atoms. The SMILES string of the molecule is COc1ccc2c(c1)CCC1SC(C)CCNC21. The predicted octanol–water partition coefficient (Wildman–Crippen LogP) is 3.17. The molecule has 0 bridgehead atoms. The first-order chi connectivity index (χ1) is 8.78. The Labute approximate surface area is 113 Å². The maximum Gasteiger partial charge on any atom is 0.119 e. The average Bonchev–Trinajstić information content (AvgIpc) is 2.58. The van der Waals surface area contributed by atoms with Crippen LogP contribution in [0.5, 0.6) is 5.75 Å². The van der Waals surface area contributed by atoms with E-state index < -0.39 is 0 Å². The van der Waals surface area contributed by atoms with Crippen LogP contribution in [-0.4, -0.2) is 24.2 Å². The molecule has 1 N–H and O–H groups in total. The van der Waals surface area contributed by atoms with Crippen molar-refractivity contribution < 1.29 is 4.74 Å². The molecule has 3 heteroatoms. The third kappa shape index (κ3) is 2.26. The van der Waals surface area contributed by atoms with Crippen molar-refractivity contribution in [2.75, 3.05) is 13.7 Å². The second-order valence-corrected chi connectivity index (χ2v) is 6.99. The first-order valence-corrected chi connectivity index (χ1v) is 7.78. The number of aryl methyl sites for hydroxylation is 1.